The molecule has 3 N–H and O–H groups in total. The Balaban J connectivity index is 2.53. The number of amides is 3. The molecule has 0 heterocycles. The van der Waals surface area contributed by atoms with Crippen molar-refractivity contribution in [3.63, 3.8) is 0 Å². The van der Waals surface area contributed by atoms with E-state index in [4.69, 9.17) is 9.47 Å². The minimum Gasteiger partial charge on any atom is -0.508 e. The second-order valence-corrected chi connectivity index (χ2v) is 12.9. The highest BCUT2D eigenvalue weighted by atomic mass is 16.6. The number of rotatable bonds is 13. The van der Waals surface area contributed by atoms with Crippen molar-refractivity contribution in [2.45, 2.75) is 110 Å². The summed E-state index contributed by atoms with van der Waals surface area (Å²) in [5.74, 6) is -2.04. The molecule has 0 aliphatic rings. The number of ether oxygens (including phenoxy) is 2. The molecule has 10 heteroatoms. The molecule has 2 aromatic rings. The van der Waals surface area contributed by atoms with E-state index in [-0.39, 0.29) is 24.3 Å². The first-order chi connectivity index (χ1) is 20.5. The molecule has 0 spiro atoms. The van der Waals surface area contributed by atoms with E-state index in [1.807, 2.05) is 37.3 Å². The van der Waals surface area contributed by atoms with E-state index in [1.165, 1.54) is 17.9 Å². The molecule has 0 aliphatic heterocycles. The standard InChI is InChI=1S/C34H49N3O7/c1-9-10-16-21-37(30(40)23(2)35-32(42)44-34(6,7)8)28(25-19-14-15-20-27(25)38)29(39)36-26(31(41)43-33(3,4)5)22-24-17-12-11-13-18-24/h11-15,17-20,23,26,28,38H,9-10,16,21-22H2,1-8H3,(H,35,42)(H,36,39). The summed E-state index contributed by atoms with van der Waals surface area (Å²) in [6, 6.07) is 12.0. The molecule has 0 aliphatic carbocycles. The van der Waals surface area contributed by atoms with Gasteiger partial charge in [0.2, 0.25) is 11.8 Å². The number of carbonyl (C=O) groups excluding carboxylic acids is 4. The Morgan fingerprint density at radius 1 is 0.841 bits per heavy atom. The van der Waals surface area contributed by atoms with Gasteiger partial charge in [0.1, 0.15) is 35.1 Å². The zero-order chi connectivity index (χ0) is 33.1. The summed E-state index contributed by atoms with van der Waals surface area (Å²) >= 11 is 0. The van der Waals surface area contributed by atoms with E-state index >= 15 is 0 Å². The minimum absolute atomic E-state index is 0.148. The molecule has 3 atom stereocenters. The molecule has 0 aromatic heterocycles. The third-order valence-corrected chi connectivity index (χ3v) is 6.47. The van der Waals surface area contributed by atoms with Crippen molar-refractivity contribution in [1.29, 1.82) is 0 Å². The Labute approximate surface area is 261 Å². The van der Waals surface area contributed by atoms with E-state index in [2.05, 4.69) is 10.6 Å². The van der Waals surface area contributed by atoms with Crippen molar-refractivity contribution in [3.05, 3.63) is 65.7 Å². The number of hydrogen-bond acceptors (Lipinski definition) is 7. The van der Waals surface area contributed by atoms with Crippen LogP contribution in [-0.2, 0) is 30.3 Å². The number of alkyl carbamates (subject to hydrolysis) is 1. The van der Waals surface area contributed by atoms with Crippen LogP contribution < -0.4 is 10.6 Å². The van der Waals surface area contributed by atoms with Crippen LogP contribution in [0.5, 0.6) is 5.75 Å². The fraction of sp³-hybridized carbons (Fsp3) is 0.529. The van der Waals surface area contributed by atoms with Crippen molar-refractivity contribution in [3.8, 4) is 5.75 Å². The Hall–Kier alpha value is -4.08. The highest BCUT2D eigenvalue weighted by molar-refractivity contribution is 5.94. The van der Waals surface area contributed by atoms with Gasteiger partial charge >= 0.3 is 12.1 Å². The SMILES string of the molecule is CCCCCN(C(=O)C(C)NC(=O)OC(C)(C)C)C(C(=O)NC(Cc1ccccc1)C(=O)OC(C)(C)C)c1ccccc1O. The molecule has 3 unspecified atom stereocenters. The van der Waals surface area contributed by atoms with Gasteiger partial charge < -0.3 is 30.1 Å². The molecule has 0 bridgehead atoms. The topological polar surface area (TPSA) is 134 Å². The van der Waals surface area contributed by atoms with Crippen LogP contribution in [0.1, 0.15) is 91.8 Å². The Bertz CT molecular complexity index is 1250. The largest absolute Gasteiger partial charge is 0.508 e. The van der Waals surface area contributed by atoms with Crippen LogP contribution in [-0.4, -0.2) is 63.7 Å². The zero-order valence-electron chi connectivity index (χ0n) is 27.3. The highest BCUT2D eigenvalue weighted by Crippen LogP contribution is 2.30. The van der Waals surface area contributed by atoms with Crippen LogP contribution >= 0.6 is 0 Å². The quantitative estimate of drug-likeness (QED) is 0.203. The molecular formula is C34H49N3O7. The number of phenolic OH excluding ortho intramolecular Hbond substituents is 1. The average molecular weight is 612 g/mol. The molecule has 0 radical (unpaired) electrons. The fourth-order valence-electron chi connectivity index (χ4n) is 4.53. The number of unbranched alkanes of at least 4 members (excludes halogenated alkanes) is 2. The molecule has 0 saturated carbocycles. The van der Waals surface area contributed by atoms with Gasteiger partial charge in [0.25, 0.3) is 0 Å². The van der Waals surface area contributed by atoms with Crippen molar-refractivity contribution < 1.29 is 33.8 Å². The molecule has 242 valence electrons. The lowest BCUT2D eigenvalue weighted by atomic mass is 9.99. The predicted octanol–water partition coefficient (Wildman–Crippen LogP) is 5.43. The van der Waals surface area contributed by atoms with Crippen LogP contribution in [0, 0.1) is 0 Å². The van der Waals surface area contributed by atoms with Gasteiger partial charge in [-0.1, -0.05) is 68.3 Å². The third-order valence-electron chi connectivity index (χ3n) is 6.47. The lowest BCUT2D eigenvalue weighted by Gasteiger charge is -2.35. The molecule has 2 aromatic carbocycles. The maximum atomic E-state index is 14.2. The number of aromatic hydroxyl groups is 1. The second kappa shape index (κ2) is 16.1. The van der Waals surface area contributed by atoms with E-state index < -0.39 is 53.2 Å². The molecule has 0 saturated heterocycles. The molecule has 0 fully saturated rings. The number of hydrogen-bond donors (Lipinski definition) is 3. The number of benzene rings is 2. The first-order valence-electron chi connectivity index (χ1n) is 15.2. The Morgan fingerprint density at radius 3 is 2.00 bits per heavy atom. The number of nitrogens with zero attached hydrogens (tertiary/aromatic N) is 1. The van der Waals surface area contributed by atoms with E-state index in [1.54, 1.807) is 59.7 Å². The number of esters is 1. The van der Waals surface area contributed by atoms with Gasteiger partial charge in [0.15, 0.2) is 0 Å². The predicted molar refractivity (Wildman–Crippen MR) is 169 cm³/mol. The van der Waals surface area contributed by atoms with Crippen LogP contribution in [0.25, 0.3) is 0 Å². The summed E-state index contributed by atoms with van der Waals surface area (Å²) in [5, 5.41) is 16.3. The number of carbonyl (C=O) groups is 4. The summed E-state index contributed by atoms with van der Waals surface area (Å²) < 4.78 is 11.0. The van der Waals surface area contributed by atoms with Gasteiger partial charge in [-0.15, -0.1) is 0 Å². The molecule has 2 rings (SSSR count). The smallest absolute Gasteiger partial charge is 0.408 e. The lowest BCUT2D eigenvalue weighted by Crippen LogP contribution is -2.54. The van der Waals surface area contributed by atoms with Crippen molar-refractivity contribution >= 4 is 23.9 Å². The monoisotopic (exact) mass is 611 g/mol. The summed E-state index contributed by atoms with van der Waals surface area (Å²) in [4.78, 5) is 55.4. The average Bonchev–Trinajstić information content (AvgIpc) is 2.91. The van der Waals surface area contributed by atoms with Gasteiger partial charge in [0, 0.05) is 18.5 Å². The van der Waals surface area contributed by atoms with Crippen molar-refractivity contribution in [1.82, 2.24) is 15.5 Å². The van der Waals surface area contributed by atoms with Gasteiger partial charge in [0.05, 0.1) is 0 Å². The number of para-hydroxylation sites is 1. The normalized spacial score (nSPS) is 13.6. The molecular weight excluding hydrogens is 562 g/mol. The number of nitrogens with one attached hydrogen (secondary N) is 2. The summed E-state index contributed by atoms with van der Waals surface area (Å²) in [5.41, 5.74) is -0.601. The second-order valence-electron chi connectivity index (χ2n) is 12.9. The summed E-state index contributed by atoms with van der Waals surface area (Å²) in [6.45, 7) is 14.1. The summed E-state index contributed by atoms with van der Waals surface area (Å²) in [6.07, 6.45) is 1.58. The van der Waals surface area contributed by atoms with Gasteiger partial charge in [-0.3, -0.25) is 9.59 Å². The summed E-state index contributed by atoms with van der Waals surface area (Å²) in [7, 11) is 0. The highest BCUT2D eigenvalue weighted by Gasteiger charge is 2.38. The van der Waals surface area contributed by atoms with E-state index in [9.17, 15) is 24.3 Å². The van der Waals surface area contributed by atoms with Crippen LogP contribution in [0.15, 0.2) is 54.6 Å². The lowest BCUT2D eigenvalue weighted by molar-refractivity contribution is -0.159. The van der Waals surface area contributed by atoms with Crippen LogP contribution in [0.3, 0.4) is 0 Å². The number of phenols is 1. The maximum Gasteiger partial charge on any atom is 0.408 e. The molecule has 44 heavy (non-hydrogen) atoms. The fourth-order valence-corrected chi connectivity index (χ4v) is 4.53. The first kappa shape index (κ1) is 36.1. The zero-order valence-corrected chi connectivity index (χ0v) is 27.3. The Morgan fingerprint density at radius 2 is 1.43 bits per heavy atom. The van der Waals surface area contributed by atoms with Crippen LogP contribution in [0.4, 0.5) is 4.79 Å². The minimum atomic E-state index is -1.32. The van der Waals surface area contributed by atoms with Gasteiger partial charge in [-0.2, -0.15) is 0 Å². The van der Waals surface area contributed by atoms with Gasteiger partial charge in [-0.05, 0) is 66.5 Å². The van der Waals surface area contributed by atoms with Gasteiger partial charge in [-0.25, -0.2) is 9.59 Å². The molecule has 10 nitrogen and oxygen atoms in total. The molecule has 3 amide bonds. The third kappa shape index (κ3) is 11.9. The maximum absolute atomic E-state index is 14.2. The van der Waals surface area contributed by atoms with E-state index in [0.717, 1.165) is 18.4 Å². The van der Waals surface area contributed by atoms with Crippen molar-refractivity contribution in [2.75, 3.05) is 6.54 Å². The first-order valence-corrected chi connectivity index (χ1v) is 15.2. The Kier molecular flexibility index (Phi) is 13.2. The van der Waals surface area contributed by atoms with E-state index in [0.29, 0.717) is 6.42 Å². The van der Waals surface area contributed by atoms with Crippen LogP contribution in [0.2, 0.25) is 0 Å². The van der Waals surface area contributed by atoms with Crippen molar-refractivity contribution in [2.24, 2.45) is 0 Å².